The van der Waals surface area contributed by atoms with Crippen LogP contribution in [0, 0.1) is 0 Å². The van der Waals surface area contributed by atoms with E-state index in [1.807, 2.05) is 7.05 Å². The van der Waals surface area contributed by atoms with Crippen LogP contribution in [0.4, 0.5) is 5.13 Å². The second kappa shape index (κ2) is 6.76. The molecule has 0 spiro atoms. The fourth-order valence-electron chi connectivity index (χ4n) is 2.61. The smallest absolute Gasteiger partial charge is 0.187 e. The fourth-order valence-corrected chi connectivity index (χ4v) is 3.98. The van der Waals surface area contributed by atoms with Crippen molar-refractivity contribution in [2.24, 2.45) is 0 Å². The summed E-state index contributed by atoms with van der Waals surface area (Å²) in [6, 6.07) is 0.0232. The van der Waals surface area contributed by atoms with Gasteiger partial charge in [0.2, 0.25) is 0 Å². The first-order valence-electron chi connectivity index (χ1n) is 7.09. The van der Waals surface area contributed by atoms with E-state index in [1.54, 1.807) is 11.3 Å². The first-order valence-corrected chi connectivity index (χ1v) is 8.28. The van der Waals surface area contributed by atoms with E-state index < -0.39 is 6.10 Å². The number of thiazole rings is 1. The number of nitrogens with zero attached hydrogens (tertiary/aromatic N) is 3. The van der Waals surface area contributed by atoms with Gasteiger partial charge in [0, 0.05) is 19.6 Å². The molecule has 0 amide bonds. The maximum Gasteiger partial charge on any atom is 0.187 e. The molecule has 2 aliphatic rings. The molecule has 1 aromatic heterocycles. The number of aromatic nitrogens is 1. The van der Waals surface area contributed by atoms with Gasteiger partial charge in [-0.25, -0.2) is 4.98 Å². The fraction of sp³-hybridized carbons (Fsp3) is 0.769. The van der Waals surface area contributed by atoms with Gasteiger partial charge in [0.05, 0.1) is 43.5 Å². The minimum atomic E-state index is -0.430. The number of aliphatic hydroxyl groups excluding tert-OH is 1. The van der Waals surface area contributed by atoms with Crippen molar-refractivity contribution in [1.29, 1.82) is 0 Å². The Morgan fingerprint density at radius 2 is 2.14 bits per heavy atom. The third-order valence-electron chi connectivity index (χ3n) is 3.90. The Morgan fingerprint density at radius 1 is 1.38 bits per heavy atom. The summed E-state index contributed by atoms with van der Waals surface area (Å²) in [6.45, 7) is 4.82. The van der Waals surface area contributed by atoms with Crippen LogP contribution >= 0.6 is 22.9 Å². The highest BCUT2D eigenvalue weighted by molar-refractivity contribution is 7.16. The third kappa shape index (κ3) is 3.49. The molecule has 8 heteroatoms. The highest BCUT2D eigenvalue weighted by atomic mass is 35.5. The number of morpholine rings is 1. The molecule has 0 aromatic carbocycles. The lowest BCUT2D eigenvalue weighted by molar-refractivity contribution is 0.0929. The molecule has 2 fully saturated rings. The minimum Gasteiger partial charge on any atom is -0.389 e. The van der Waals surface area contributed by atoms with Crippen molar-refractivity contribution in [3.05, 3.63) is 10.0 Å². The lowest BCUT2D eigenvalue weighted by Gasteiger charge is -2.26. The summed E-state index contributed by atoms with van der Waals surface area (Å²) in [7, 11) is 1.98. The summed E-state index contributed by atoms with van der Waals surface area (Å²) in [6.07, 6.45) is -0.430. The van der Waals surface area contributed by atoms with E-state index in [9.17, 15) is 5.11 Å². The van der Waals surface area contributed by atoms with Crippen LogP contribution in [-0.2, 0) is 16.0 Å². The third-order valence-corrected chi connectivity index (χ3v) is 5.43. The molecule has 21 heavy (non-hydrogen) atoms. The highest BCUT2D eigenvalue weighted by Gasteiger charge is 2.30. The van der Waals surface area contributed by atoms with E-state index in [1.165, 1.54) is 0 Å². The van der Waals surface area contributed by atoms with Crippen LogP contribution < -0.4 is 4.90 Å². The summed E-state index contributed by atoms with van der Waals surface area (Å²) in [5, 5.41) is 11.4. The lowest BCUT2D eigenvalue weighted by Crippen LogP contribution is -2.39. The predicted molar refractivity (Wildman–Crippen MR) is 82.2 cm³/mol. The van der Waals surface area contributed by atoms with Crippen LogP contribution in [0.25, 0.3) is 0 Å². The van der Waals surface area contributed by atoms with Crippen LogP contribution in [0.3, 0.4) is 0 Å². The molecule has 1 aromatic rings. The highest BCUT2D eigenvalue weighted by Crippen LogP contribution is 2.31. The van der Waals surface area contributed by atoms with Crippen molar-refractivity contribution in [3.63, 3.8) is 0 Å². The molecule has 0 radical (unpaired) electrons. The average Bonchev–Trinajstić information content (AvgIpc) is 3.07. The Morgan fingerprint density at radius 3 is 2.81 bits per heavy atom. The molecular formula is C13H20ClN3O3S. The van der Waals surface area contributed by atoms with Crippen LogP contribution in [0.5, 0.6) is 0 Å². The number of hydrogen-bond donors (Lipinski definition) is 1. The molecule has 0 saturated carbocycles. The van der Waals surface area contributed by atoms with Crippen LogP contribution in [0.1, 0.15) is 4.88 Å². The molecule has 2 saturated heterocycles. The van der Waals surface area contributed by atoms with Gasteiger partial charge < -0.3 is 19.5 Å². The zero-order valence-corrected chi connectivity index (χ0v) is 13.6. The zero-order chi connectivity index (χ0) is 14.8. The number of likely N-dealkylation sites (N-methyl/N-ethyl adjacent to an activating group) is 1. The molecule has 0 bridgehead atoms. The molecule has 118 valence electrons. The molecule has 3 heterocycles. The Kier molecular flexibility index (Phi) is 4.98. The summed E-state index contributed by atoms with van der Waals surface area (Å²) in [5.74, 6) is 0. The lowest BCUT2D eigenvalue weighted by atomic mass is 10.2. The number of aliphatic hydroxyl groups is 1. The van der Waals surface area contributed by atoms with E-state index in [-0.39, 0.29) is 6.04 Å². The van der Waals surface area contributed by atoms with E-state index in [0.717, 1.165) is 36.3 Å². The van der Waals surface area contributed by atoms with Crippen molar-refractivity contribution >= 4 is 28.1 Å². The zero-order valence-electron chi connectivity index (χ0n) is 12.0. The summed E-state index contributed by atoms with van der Waals surface area (Å²) < 4.78 is 10.7. The SMILES string of the molecule is CN(Cc1sc(N2CCOCC2)nc1Cl)[C@@H]1COC[C@H]1O. The molecule has 6 nitrogen and oxygen atoms in total. The monoisotopic (exact) mass is 333 g/mol. The maximum atomic E-state index is 9.88. The number of anilines is 1. The van der Waals surface area contributed by atoms with Crippen molar-refractivity contribution in [1.82, 2.24) is 9.88 Å². The Bertz CT molecular complexity index is 481. The second-order valence-electron chi connectivity index (χ2n) is 5.40. The molecule has 2 aliphatic heterocycles. The van der Waals surface area contributed by atoms with Gasteiger partial charge in [0.25, 0.3) is 0 Å². The van der Waals surface area contributed by atoms with Gasteiger partial charge in [-0.2, -0.15) is 0 Å². The molecule has 0 unspecified atom stereocenters. The van der Waals surface area contributed by atoms with Crippen LogP contribution in [0.2, 0.25) is 5.15 Å². The van der Waals surface area contributed by atoms with Crippen LogP contribution in [-0.4, -0.2) is 73.7 Å². The Labute approximate surface area is 133 Å². The van der Waals surface area contributed by atoms with Gasteiger partial charge in [0.15, 0.2) is 5.13 Å². The quantitative estimate of drug-likeness (QED) is 0.880. The van der Waals surface area contributed by atoms with Gasteiger partial charge in [-0.15, -0.1) is 0 Å². The summed E-state index contributed by atoms with van der Waals surface area (Å²) in [4.78, 5) is 9.78. The number of rotatable bonds is 4. The number of ether oxygens (including phenoxy) is 2. The van der Waals surface area contributed by atoms with Crippen molar-refractivity contribution in [2.45, 2.75) is 18.7 Å². The van der Waals surface area contributed by atoms with E-state index >= 15 is 0 Å². The van der Waals surface area contributed by atoms with Gasteiger partial charge >= 0.3 is 0 Å². The maximum absolute atomic E-state index is 9.88. The predicted octanol–water partition coefficient (Wildman–Crippen LogP) is 0.825. The van der Waals surface area contributed by atoms with Crippen LogP contribution in [0.15, 0.2) is 0 Å². The molecule has 0 aliphatic carbocycles. The van der Waals surface area contributed by atoms with Crippen molar-refractivity contribution in [3.8, 4) is 0 Å². The van der Waals surface area contributed by atoms with Crippen molar-refractivity contribution in [2.75, 3.05) is 51.5 Å². The molecule has 3 rings (SSSR count). The van der Waals surface area contributed by atoms with E-state index in [0.29, 0.717) is 24.9 Å². The summed E-state index contributed by atoms with van der Waals surface area (Å²) in [5.41, 5.74) is 0. The molecule has 1 N–H and O–H groups in total. The average molecular weight is 334 g/mol. The first-order chi connectivity index (χ1) is 10.1. The minimum absolute atomic E-state index is 0.0232. The van der Waals surface area contributed by atoms with Gasteiger partial charge in [-0.05, 0) is 7.05 Å². The summed E-state index contributed by atoms with van der Waals surface area (Å²) >= 11 is 7.89. The van der Waals surface area contributed by atoms with Crippen molar-refractivity contribution < 1.29 is 14.6 Å². The second-order valence-corrected chi connectivity index (χ2v) is 6.82. The standard InChI is InChI=1S/C13H20ClN3O3S/c1-16(9-7-20-8-10(9)18)6-11-12(14)15-13(21-11)17-2-4-19-5-3-17/h9-10,18H,2-8H2,1H3/t9-,10-/m1/s1. The molecular weight excluding hydrogens is 314 g/mol. The van der Waals surface area contributed by atoms with E-state index in [4.69, 9.17) is 21.1 Å². The number of hydrogen-bond acceptors (Lipinski definition) is 7. The normalized spacial score (nSPS) is 26.8. The first kappa shape index (κ1) is 15.5. The largest absolute Gasteiger partial charge is 0.389 e. The van der Waals surface area contributed by atoms with Gasteiger partial charge in [-0.1, -0.05) is 22.9 Å². The topological polar surface area (TPSA) is 58.1 Å². The Balaban J connectivity index is 1.66. The molecule has 2 atom stereocenters. The number of halogens is 1. The van der Waals surface area contributed by atoms with Gasteiger partial charge in [0.1, 0.15) is 5.15 Å². The van der Waals surface area contributed by atoms with Gasteiger partial charge in [-0.3, -0.25) is 4.90 Å². The van der Waals surface area contributed by atoms with E-state index in [2.05, 4.69) is 14.8 Å². The Hall–Kier alpha value is -0.440.